The maximum Gasteiger partial charge on any atom is 0.263 e. The zero-order valence-corrected chi connectivity index (χ0v) is 9.67. The van der Waals surface area contributed by atoms with Gasteiger partial charge in [0.1, 0.15) is 11.6 Å². The van der Waals surface area contributed by atoms with Gasteiger partial charge in [0.15, 0.2) is 6.61 Å². The van der Waals surface area contributed by atoms with Gasteiger partial charge in [-0.25, -0.2) is 4.98 Å². The Balaban J connectivity index is 1.85. The Kier molecular flexibility index (Phi) is 3.76. The number of ether oxygens (including phenoxy) is 1. The largest absolute Gasteiger partial charge is 0.484 e. The van der Waals surface area contributed by atoms with Gasteiger partial charge < -0.3 is 15.8 Å². The summed E-state index contributed by atoms with van der Waals surface area (Å²) in [6.07, 6.45) is 1.61. The molecule has 1 aromatic heterocycles. The van der Waals surface area contributed by atoms with Crippen LogP contribution in [0.1, 0.15) is 0 Å². The third-order valence-electron chi connectivity index (χ3n) is 2.16. The molecule has 2 aromatic rings. The Labute approximate surface area is 105 Å². The summed E-state index contributed by atoms with van der Waals surface area (Å²) in [6.45, 7) is -0.0833. The molecule has 0 saturated carbocycles. The number of nitrogen functional groups attached to an aromatic ring is 1. The van der Waals surface area contributed by atoms with E-state index in [4.69, 9.17) is 10.5 Å². The highest BCUT2D eigenvalue weighted by molar-refractivity contribution is 5.90. The molecule has 0 radical (unpaired) electrons. The van der Waals surface area contributed by atoms with Crippen LogP contribution in [0.4, 0.5) is 11.5 Å². The summed E-state index contributed by atoms with van der Waals surface area (Å²) in [5.41, 5.74) is 6.19. The second-order valence-corrected chi connectivity index (χ2v) is 3.62. The molecular formula is C13H13N3O2. The number of anilines is 2. The van der Waals surface area contributed by atoms with Crippen molar-refractivity contribution in [3.8, 4) is 5.75 Å². The minimum Gasteiger partial charge on any atom is -0.484 e. The van der Waals surface area contributed by atoms with Gasteiger partial charge in [0.05, 0.1) is 0 Å². The van der Waals surface area contributed by atoms with Gasteiger partial charge in [-0.05, 0) is 24.3 Å². The number of rotatable bonds is 4. The molecular weight excluding hydrogens is 230 g/mol. The molecule has 0 aliphatic heterocycles. The van der Waals surface area contributed by atoms with Gasteiger partial charge in [0, 0.05) is 18.0 Å². The fourth-order valence-corrected chi connectivity index (χ4v) is 1.37. The lowest BCUT2D eigenvalue weighted by Crippen LogP contribution is -2.20. The highest BCUT2D eigenvalue weighted by Crippen LogP contribution is 2.14. The third kappa shape index (κ3) is 3.48. The lowest BCUT2D eigenvalue weighted by atomic mass is 10.3. The smallest absolute Gasteiger partial charge is 0.263 e. The fourth-order valence-electron chi connectivity index (χ4n) is 1.37. The van der Waals surface area contributed by atoms with Gasteiger partial charge >= 0.3 is 0 Å². The molecule has 3 N–H and O–H groups in total. The fraction of sp³-hybridized carbons (Fsp3) is 0.0769. The van der Waals surface area contributed by atoms with Crippen molar-refractivity contribution in [2.75, 3.05) is 17.7 Å². The first-order valence-electron chi connectivity index (χ1n) is 5.43. The quantitative estimate of drug-likeness (QED) is 0.801. The van der Waals surface area contributed by atoms with E-state index in [2.05, 4.69) is 10.3 Å². The number of nitrogens with one attached hydrogen (secondary N) is 1. The van der Waals surface area contributed by atoms with Gasteiger partial charge in [-0.1, -0.05) is 12.1 Å². The van der Waals surface area contributed by atoms with Crippen LogP contribution in [0.2, 0.25) is 0 Å². The molecule has 0 spiro atoms. The van der Waals surface area contributed by atoms with Crippen LogP contribution in [0.15, 0.2) is 48.7 Å². The predicted octanol–water partition coefficient (Wildman–Crippen LogP) is 1.68. The first-order valence-corrected chi connectivity index (χ1v) is 5.43. The van der Waals surface area contributed by atoms with E-state index in [9.17, 15) is 4.79 Å². The van der Waals surface area contributed by atoms with Crippen molar-refractivity contribution in [3.63, 3.8) is 0 Å². The van der Waals surface area contributed by atoms with Crippen LogP contribution in [0, 0.1) is 0 Å². The lowest BCUT2D eigenvalue weighted by Gasteiger charge is -2.07. The van der Waals surface area contributed by atoms with Crippen molar-refractivity contribution in [1.82, 2.24) is 4.98 Å². The molecule has 0 aliphatic rings. The number of pyridine rings is 1. The molecule has 1 aromatic carbocycles. The average molecular weight is 243 g/mol. The summed E-state index contributed by atoms with van der Waals surface area (Å²) in [6, 6.07) is 12.2. The number of nitrogens with two attached hydrogens (primary N) is 1. The predicted molar refractivity (Wildman–Crippen MR) is 69.2 cm³/mol. The van der Waals surface area contributed by atoms with Crippen LogP contribution in [0.5, 0.6) is 5.75 Å². The maximum atomic E-state index is 11.6. The van der Waals surface area contributed by atoms with Crippen LogP contribution in [0.25, 0.3) is 0 Å². The molecule has 5 nitrogen and oxygen atoms in total. The third-order valence-corrected chi connectivity index (χ3v) is 2.16. The Bertz CT molecular complexity index is 529. The highest BCUT2D eigenvalue weighted by atomic mass is 16.5. The van der Waals surface area contributed by atoms with E-state index in [0.717, 1.165) is 0 Å². The normalized spacial score (nSPS) is 9.78. The molecule has 1 heterocycles. The van der Waals surface area contributed by atoms with Gasteiger partial charge in [-0.15, -0.1) is 0 Å². The first kappa shape index (κ1) is 11.9. The Hall–Kier alpha value is -2.56. The second-order valence-electron chi connectivity index (χ2n) is 3.62. The van der Waals surface area contributed by atoms with Crippen molar-refractivity contribution >= 4 is 17.4 Å². The lowest BCUT2D eigenvalue weighted by molar-refractivity contribution is -0.118. The molecule has 18 heavy (non-hydrogen) atoms. The summed E-state index contributed by atoms with van der Waals surface area (Å²) >= 11 is 0. The minimum atomic E-state index is -0.267. The number of nitrogens with zero attached hydrogens (tertiary/aromatic N) is 1. The Morgan fingerprint density at radius 1 is 1.28 bits per heavy atom. The van der Waals surface area contributed by atoms with E-state index in [1.807, 2.05) is 0 Å². The summed E-state index contributed by atoms with van der Waals surface area (Å²) in [4.78, 5) is 15.5. The molecule has 5 heteroatoms. The number of amides is 1. The van der Waals surface area contributed by atoms with Crippen LogP contribution < -0.4 is 15.8 Å². The van der Waals surface area contributed by atoms with Crippen LogP contribution in [-0.4, -0.2) is 17.5 Å². The topological polar surface area (TPSA) is 77.2 Å². The van der Waals surface area contributed by atoms with Crippen molar-refractivity contribution in [2.24, 2.45) is 0 Å². The van der Waals surface area contributed by atoms with Gasteiger partial charge in [-0.3, -0.25) is 4.79 Å². The summed E-state index contributed by atoms with van der Waals surface area (Å²) < 4.78 is 5.30. The molecule has 0 saturated heterocycles. The SMILES string of the molecule is Nc1cccc(OCC(=O)Nc2ccccn2)c1. The Morgan fingerprint density at radius 3 is 2.89 bits per heavy atom. The summed E-state index contributed by atoms with van der Waals surface area (Å²) in [5.74, 6) is 0.793. The van der Waals surface area contributed by atoms with Crippen molar-refractivity contribution < 1.29 is 9.53 Å². The van der Waals surface area contributed by atoms with Gasteiger partial charge in [0.2, 0.25) is 0 Å². The molecule has 0 fully saturated rings. The number of hydrogen-bond donors (Lipinski definition) is 2. The van der Waals surface area contributed by atoms with Crippen LogP contribution in [0.3, 0.4) is 0 Å². The maximum absolute atomic E-state index is 11.6. The first-order chi connectivity index (χ1) is 8.74. The van der Waals surface area contributed by atoms with E-state index in [-0.39, 0.29) is 12.5 Å². The van der Waals surface area contributed by atoms with Crippen LogP contribution >= 0.6 is 0 Å². The van der Waals surface area contributed by atoms with Gasteiger partial charge in [0.25, 0.3) is 5.91 Å². The second kappa shape index (κ2) is 5.67. The molecule has 0 atom stereocenters. The summed E-state index contributed by atoms with van der Waals surface area (Å²) in [7, 11) is 0. The van der Waals surface area contributed by atoms with E-state index in [1.165, 1.54) is 0 Å². The Morgan fingerprint density at radius 2 is 2.17 bits per heavy atom. The molecule has 2 rings (SSSR count). The van der Waals surface area contributed by atoms with E-state index in [0.29, 0.717) is 17.3 Å². The monoisotopic (exact) mass is 243 g/mol. The van der Waals surface area contributed by atoms with E-state index >= 15 is 0 Å². The summed E-state index contributed by atoms with van der Waals surface area (Å²) in [5, 5.41) is 2.62. The average Bonchev–Trinajstić information content (AvgIpc) is 2.38. The number of aromatic nitrogens is 1. The standard InChI is InChI=1S/C13H13N3O2/c14-10-4-3-5-11(8-10)18-9-13(17)16-12-6-1-2-7-15-12/h1-8H,9,14H2,(H,15,16,17). The van der Waals surface area contributed by atoms with E-state index in [1.54, 1.807) is 48.7 Å². The highest BCUT2D eigenvalue weighted by Gasteiger charge is 2.04. The van der Waals surface area contributed by atoms with Crippen molar-refractivity contribution in [3.05, 3.63) is 48.7 Å². The number of carbonyl (C=O) groups is 1. The van der Waals surface area contributed by atoms with E-state index < -0.39 is 0 Å². The number of hydrogen-bond acceptors (Lipinski definition) is 4. The molecule has 0 aliphatic carbocycles. The van der Waals surface area contributed by atoms with Crippen molar-refractivity contribution in [1.29, 1.82) is 0 Å². The molecule has 1 amide bonds. The molecule has 92 valence electrons. The molecule has 0 bridgehead atoms. The molecule has 0 unspecified atom stereocenters. The van der Waals surface area contributed by atoms with Crippen LogP contribution in [-0.2, 0) is 4.79 Å². The van der Waals surface area contributed by atoms with Crippen molar-refractivity contribution in [2.45, 2.75) is 0 Å². The van der Waals surface area contributed by atoms with Gasteiger partial charge in [-0.2, -0.15) is 0 Å². The zero-order valence-electron chi connectivity index (χ0n) is 9.67. The zero-order chi connectivity index (χ0) is 12.8. The minimum absolute atomic E-state index is 0.0833. The number of benzene rings is 1. The number of carbonyl (C=O) groups excluding carboxylic acids is 1.